The van der Waals surface area contributed by atoms with Crippen LogP contribution in [0.25, 0.3) is 11.1 Å². The van der Waals surface area contributed by atoms with E-state index in [0.29, 0.717) is 16.6 Å². The van der Waals surface area contributed by atoms with Gasteiger partial charge in [-0.05, 0) is 80.1 Å². The maximum atomic E-state index is 13.3. The van der Waals surface area contributed by atoms with E-state index in [2.05, 4.69) is 52.3 Å². The molecule has 0 saturated carbocycles. The van der Waals surface area contributed by atoms with Crippen molar-refractivity contribution in [2.24, 2.45) is 0 Å². The Morgan fingerprint density at radius 2 is 1.63 bits per heavy atom. The molecule has 0 aliphatic carbocycles. The van der Waals surface area contributed by atoms with Gasteiger partial charge < -0.3 is 20.1 Å². The van der Waals surface area contributed by atoms with Gasteiger partial charge in [-0.2, -0.15) is 11.8 Å². The monoisotopic (exact) mass is 567 g/mol. The second-order valence-corrected chi connectivity index (χ2v) is 11.9. The Morgan fingerprint density at radius 1 is 0.951 bits per heavy atom. The van der Waals surface area contributed by atoms with E-state index in [-0.39, 0.29) is 0 Å². The fourth-order valence-electron chi connectivity index (χ4n) is 5.27. The normalized spacial score (nSPS) is 14.1. The third-order valence-electron chi connectivity index (χ3n) is 7.48. The number of aromatic amines is 1. The van der Waals surface area contributed by atoms with E-state index >= 15 is 0 Å². The number of carbonyl (C=O) groups is 2. The number of thioether (sulfide) groups is 1. The summed E-state index contributed by atoms with van der Waals surface area (Å²) in [5.41, 5.74) is 6.87. The number of nitrogens with one attached hydrogen (secondary N) is 2. The second-order valence-electron chi connectivity index (χ2n) is 10.6. The minimum atomic E-state index is -0.657. The molecule has 1 amide bonds. The molecule has 0 radical (unpaired) electrons. The number of H-pyrrole nitrogens is 1. The van der Waals surface area contributed by atoms with Gasteiger partial charge in [-0.15, -0.1) is 0 Å². The molecule has 212 valence electrons. The first-order chi connectivity index (χ1) is 19.8. The van der Waals surface area contributed by atoms with Crippen LogP contribution in [-0.4, -0.2) is 59.3 Å². The first-order valence-corrected chi connectivity index (χ1v) is 15.3. The van der Waals surface area contributed by atoms with Crippen molar-refractivity contribution in [3.05, 3.63) is 95.4 Å². The van der Waals surface area contributed by atoms with Crippen LogP contribution < -0.4 is 15.1 Å². The van der Waals surface area contributed by atoms with Gasteiger partial charge in [-0.1, -0.05) is 37.3 Å². The number of carbonyl (C=O) groups excluding carboxylic acids is 2. The number of anilines is 3. The molecule has 2 N–H and O–H groups in total. The first kappa shape index (κ1) is 28.5. The zero-order valence-electron chi connectivity index (χ0n) is 24.1. The number of Topliss-reactive ketones (excluding diaryl/α,β-unsaturated/α-hetero) is 1. The fraction of sp³-hybridized carbons (Fsp3) is 0.303. The number of hydrogen-bond donors (Lipinski definition) is 2. The summed E-state index contributed by atoms with van der Waals surface area (Å²) in [6.07, 6.45) is 2.85. The number of piperazine rings is 1. The lowest BCUT2D eigenvalue weighted by Gasteiger charge is -2.37. The highest BCUT2D eigenvalue weighted by atomic mass is 32.2. The molecular formula is C33H37N5O2S. The Morgan fingerprint density at radius 3 is 2.29 bits per heavy atom. The molecule has 41 heavy (non-hydrogen) atoms. The SMILES string of the molecule is CSC(C)Cc1cc(-c2ccccc2)c(C(=O)C(=O)Nc2ccc(N3CCN(c4cc(C)cc(C)n4)CC3)cc2)[nH]1. The molecule has 5 rings (SSSR count). The molecule has 3 heterocycles. The van der Waals surface area contributed by atoms with E-state index in [1.54, 1.807) is 11.8 Å². The average Bonchev–Trinajstić information content (AvgIpc) is 3.40. The highest BCUT2D eigenvalue weighted by Crippen LogP contribution is 2.28. The minimum Gasteiger partial charge on any atom is -0.368 e. The molecule has 1 fully saturated rings. The predicted molar refractivity (Wildman–Crippen MR) is 170 cm³/mol. The Hall–Kier alpha value is -4.04. The first-order valence-electron chi connectivity index (χ1n) is 14.0. The van der Waals surface area contributed by atoms with E-state index in [0.717, 1.165) is 66.6 Å². The van der Waals surface area contributed by atoms with Gasteiger partial charge in [-0.25, -0.2) is 4.98 Å². The molecule has 1 unspecified atom stereocenters. The van der Waals surface area contributed by atoms with Crippen molar-refractivity contribution in [2.45, 2.75) is 32.4 Å². The van der Waals surface area contributed by atoms with Crippen LogP contribution in [0.2, 0.25) is 0 Å². The molecule has 0 spiro atoms. The summed E-state index contributed by atoms with van der Waals surface area (Å²) in [5, 5.41) is 3.19. The van der Waals surface area contributed by atoms with Crippen molar-refractivity contribution in [3.8, 4) is 11.1 Å². The molecule has 1 saturated heterocycles. The van der Waals surface area contributed by atoms with Gasteiger partial charge in [0.25, 0.3) is 11.7 Å². The van der Waals surface area contributed by atoms with Crippen molar-refractivity contribution < 1.29 is 9.59 Å². The van der Waals surface area contributed by atoms with Gasteiger partial charge in [0.15, 0.2) is 0 Å². The van der Waals surface area contributed by atoms with Crippen molar-refractivity contribution in [1.29, 1.82) is 0 Å². The zero-order valence-corrected chi connectivity index (χ0v) is 24.9. The highest BCUT2D eigenvalue weighted by Gasteiger charge is 2.24. The van der Waals surface area contributed by atoms with Gasteiger partial charge in [0, 0.05) is 59.8 Å². The summed E-state index contributed by atoms with van der Waals surface area (Å²) in [5.74, 6) is -0.198. The maximum absolute atomic E-state index is 13.3. The quantitative estimate of drug-likeness (QED) is 0.187. The van der Waals surface area contributed by atoms with Crippen LogP contribution in [-0.2, 0) is 11.2 Å². The van der Waals surface area contributed by atoms with E-state index in [1.807, 2.05) is 67.6 Å². The number of nitrogens with zero attached hydrogens (tertiary/aromatic N) is 3. The van der Waals surface area contributed by atoms with Crippen molar-refractivity contribution in [3.63, 3.8) is 0 Å². The Balaban J connectivity index is 1.24. The van der Waals surface area contributed by atoms with E-state index < -0.39 is 11.7 Å². The van der Waals surface area contributed by atoms with Crippen LogP contribution in [0.1, 0.15) is 34.4 Å². The lowest BCUT2D eigenvalue weighted by molar-refractivity contribution is -0.112. The van der Waals surface area contributed by atoms with Gasteiger partial charge in [-0.3, -0.25) is 9.59 Å². The van der Waals surface area contributed by atoms with Crippen LogP contribution in [0.4, 0.5) is 17.2 Å². The van der Waals surface area contributed by atoms with Gasteiger partial charge in [0.1, 0.15) is 11.5 Å². The Kier molecular flexibility index (Phi) is 8.78. The van der Waals surface area contributed by atoms with E-state index in [4.69, 9.17) is 4.98 Å². The fourth-order valence-corrected chi connectivity index (χ4v) is 5.62. The third-order valence-corrected chi connectivity index (χ3v) is 8.45. The third kappa shape index (κ3) is 6.82. The van der Waals surface area contributed by atoms with Crippen LogP contribution >= 0.6 is 11.8 Å². The predicted octanol–water partition coefficient (Wildman–Crippen LogP) is 6.14. The maximum Gasteiger partial charge on any atom is 0.298 e. The van der Waals surface area contributed by atoms with Crippen LogP contribution in [0, 0.1) is 13.8 Å². The molecule has 0 bridgehead atoms. The standard InChI is InChI=1S/C33H37N5O2S/c1-22-18-23(2)34-30(19-22)38-16-14-37(15-17-38)28-12-10-26(11-13-28)36-33(40)32(39)31-29(25-8-6-5-7-9-25)21-27(35-31)20-24(3)41-4/h5-13,18-19,21,24,35H,14-17,20H2,1-4H3,(H,36,40). The summed E-state index contributed by atoms with van der Waals surface area (Å²) < 4.78 is 0. The molecule has 8 heteroatoms. The van der Waals surface area contributed by atoms with E-state index in [1.165, 1.54) is 5.56 Å². The summed E-state index contributed by atoms with van der Waals surface area (Å²) in [7, 11) is 0. The average molecular weight is 568 g/mol. The number of hydrogen-bond acceptors (Lipinski definition) is 6. The van der Waals surface area contributed by atoms with Gasteiger partial charge >= 0.3 is 0 Å². The summed E-state index contributed by atoms with van der Waals surface area (Å²) in [4.78, 5) is 39.0. The lowest BCUT2D eigenvalue weighted by atomic mass is 10.0. The molecule has 2 aromatic carbocycles. The molecule has 1 aliphatic heterocycles. The van der Waals surface area contributed by atoms with Gasteiger partial charge in [0.2, 0.25) is 0 Å². The highest BCUT2D eigenvalue weighted by molar-refractivity contribution is 7.99. The number of rotatable bonds is 9. The number of aromatic nitrogens is 2. The Labute approximate surface area is 246 Å². The number of benzene rings is 2. The van der Waals surface area contributed by atoms with Crippen LogP contribution in [0.5, 0.6) is 0 Å². The molecule has 2 aromatic heterocycles. The smallest absolute Gasteiger partial charge is 0.298 e. The number of pyridine rings is 1. The number of aryl methyl sites for hydroxylation is 2. The molecular weight excluding hydrogens is 530 g/mol. The molecule has 1 atom stereocenters. The topological polar surface area (TPSA) is 81.3 Å². The summed E-state index contributed by atoms with van der Waals surface area (Å²) in [6, 6.07) is 23.7. The molecule has 4 aromatic rings. The summed E-state index contributed by atoms with van der Waals surface area (Å²) >= 11 is 1.77. The minimum absolute atomic E-state index is 0.324. The van der Waals surface area contributed by atoms with Crippen molar-refractivity contribution >= 4 is 40.6 Å². The zero-order chi connectivity index (χ0) is 28.9. The number of amides is 1. The van der Waals surface area contributed by atoms with Crippen LogP contribution in [0.3, 0.4) is 0 Å². The second kappa shape index (κ2) is 12.6. The number of ketones is 1. The largest absolute Gasteiger partial charge is 0.368 e. The lowest BCUT2D eigenvalue weighted by Crippen LogP contribution is -2.46. The molecule has 7 nitrogen and oxygen atoms in total. The van der Waals surface area contributed by atoms with Crippen molar-refractivity contribution in [1.82, 2.24) is 9.97 Å². The molecule has 1 aliphatic rings. The van der Waals surface area contributed by atoms with Crippen LogP contribution in [0.15, 0.2) is 72.8 Å². The summed E-state index contributed by atoms with van der Waals surface area (Å²) in [6.45, 7) is 9.82. The van der Waals surface area contributed by atoms with Crippen molar-refractivity contribution in [2.75, 3.05) is 47.6 Å². The van der Waals surface area contributed by atoms with Gasteiger partial charge in [0.05, 0.1) is 0 Å². The Bertz CT molecular complexity index is 1490. The van der Waals surface area contributed by atoms with E-state index in [9.17, 15) is 9.59 Å².